The van der Waals surface area contributed by atoms with E-state index in [1.807, 2.05) is 0 Å². The summed E-state index contributed by atoms with van der Waals surface area (Å²) in [4.78, 5) is 10.6. The molecule has 0 aliphatic rings. The number of ether oxygens (including phenoxy) is 1. The van der Waals surface area contributed by atoms with E-state index in [2.05, 4.69) is 33.0 Å². The highest BCUT2D eigenvalue weighted by Crippen LogP contribution is 2.15. The van der Waals surface area contributed by atoms with Gasteiger partial charge in [0.15, 0.2) is 0 Å². The van der Waals surface area contributed by atoms with Crippen LogP contribution < -0.4 is 5.32 Å². The van der Waals surface area contributed by atoms with Crippen molar-refractivity contribution in [3.63, 3.8) is 0 Å². The van der Waals surface area contributed by atoms with E-state index in [0.29, 0.717) is 18.6 Å². The maximum Gasteiger partial charge on any atom is 0.282 e. The quantitative estimate of drug-likeness (QED) is 0.354. The fourth-order valence-electron chi connectivity index (χ4n) is 1.20. The molecule has 3 nitrogen and oxygen atoms in total. The van der Waals surface area contributed by atoms with Crippen molar-refractivity contribution in [2.24, 2.45) is 11.8 Å². The van der Waals surface area contributed by atoms with Gasteiger partial charge in [0.25, 0.3) is 3.91 Å². The highest BCUT2D eigenvalue weighted by Gasteiger charge is 2.15. The molecule has 1 amide bonds. The molecule has 1 atom stereocenters. The lowest BCUT2D eigenvalue weighted by molar-refractivity contribution is 0.00445. The summed E-state index contributed by atoms with van der Waals surface area (Å²) in [6.45, 7) is 8.94. The maximum atomic E-state index is 10.6. The fourth-order valence-corrected chi connectivity index (χ4v) is 1.36. The molecule has 0 fully saturated rings. The summed E-state index contributed by atoms with van der Waals surface area (Å²) in [6, 6.07) is 0. The third-order valence-electron chi connectivity index (χ3n) is 1.96. The zero-order valence-corrected chi connectivity index (χ0v) is 11.5. The van der Waals surface area contributed by atoms with E-state index in [1.54, 1.807) is 22.6 Å². The second-order valence-electron chi connectivity index (χ2n) is 4.17. The van der Waals surface area contributed by atoms with Crippen LogP contribution in [0.25, 0.3) is 0 Å². The van der Waals surface area contributed by atoms with E-state index >= 15 is 0 Å². The first-order valence-electron chi connectivity index (χ1n) is 4.98. The lowest BCUT2D eigenvalue weighted by Crippen LogP contribution is -2.29. The van der Waals surface area contributed by atoms with Gasteiger partial charge in [0, 0.05) is 22.6 Å². The van der Waals surface area contributed by atoms with Crippen LogP contribution in [0.2, 0.25) is 0 Å². The van der Waals surface area contributed by atoms with Crippen molar-refractivity contribution in [3.8, 4) is 0 Å². The molecule has 4 heteroatoms. The number of hydrogen-bond acceptors (Lipinski definition) is 2. The van der Waals surface area contributed by atoms with Crippen LogP contribution in [0.3, 0.4) is 0 Å². The predicted octanol–water partition coefficient (Wildman–Crippen LogP) is 3.18. The molecule has 0 bridgehead atoms. The molecule has 0 saturated heterocycles. The standard InChI is InChI=1S/C10H20INO2/c1-7(2)5-9(8(3)4)14-6-12-10(11)13/h7-9H,5-6H2,1-4H3,(H,12,13). The zero-order valence-electron chi connectivity index (χ0n) is 9.34. The summed E-state index contributed by atoms with van der Waals surface area (Å²) in [5.41, 5.74) is 0. The minimum atomic E-state index is -0.0744. The number of carbonyl (C=O) groups excluding carboxylic acids is 1. The molecule has 0 aromatic heterocycles. The van der Waals surface area contributed by atoms with Crippen molar-refractivity contribution in [1.29, 1.82) is 0 Å². The van der Waals surface area contributed by atoms with Gasteiger partial charge in [0.1, 0.15) is 6.73 Å². The van der Waals surface area contributed by atoms with Gasteiger partial charge in [0.05, 0.1) is 6.10 Å². The summed E-state index contributed by atoms with van der Waals surface area (Å²) in [6.07, 6.45) is 1.27. The lowest BCUT2D eigenvalue weighted by Gasteiger charge is -2.23. The number of carbonyl (C=O) groups is 1. The van der Waals surface area contributed by atoms with Gasteiger partial charge in [-0.1, -0.05) is 27.7 Å². The first-order chi connectivity index (χ1) is 6.43. The second kappa shape index (κ2) is 7.45. The van der Waals surface area contributed by atoms with Crippen LogP contribution in [-0.4, -0.2) is 16.7 Å². The van der Waals surface area contributed by atoms with E-state index in [-0.39, 0.29) is 10.0 Å². The maximum absolute atomic E-state index is 10.6. The van der Waals surface area contributed by atoms with Crippen LogP contribution in [0.4, 0.5) is 4.79 Å². The number of amides is 1. The molecule has 14 heavy (non-hydrogen) atoms. The highest BCUT2D eigenvalue weighted by atomic mass is 127. The lowest BCUT2D eigenvalue weighted by atomic mass is 9.97. The Balaban J connectivity index is 3.79. The van der Waals surface area contributed by atoms with Gasteiger partial charge in [-0.15, -0.1) is 0 Å². The molecule has 0 aliphatic heterocycles. The number of halogens is 1. The number of nitrogens with one attached hydrogen (secondary N) is 1. The van der Waals surface area contributed by atoms with E-state index < -0.39 is 0 Å². The third kappa shape index (κ3) is 7.55. The highest BCUT2D eigenvalue weighted by molar-refractivity contribution is 14.1. The Labute approximate surface area is 100 Å². The monoisotopic (exact) mass is 313 g/mol. The van der Waals surface area contributed by atoms with Crippen molar-refractivity contribution >= 4 is 26.5 Å². The van der Waals surface area contributed by atoms with Crippen molar-refractivity contribution < 1.29 is 9.53 Å². The third-order valence-corrected chi connectivity index (χ3v) is 2.34. The first-order valence-corrected chi connectivity index (χ1v) is 6.06. The first kappa shape index (κ1) is 14.2. The van der Waals surface area contributed by atoms with Gasteiger partial charge >= 0.3 is 0 Å². The molecule has 0 saturated carbocycles. The van der Waals surface area contributed by atoms with Crippen molar-refractivity contribution in [2.45, 2.75) is 40.2 Å². The van der Waals surface area contributed by atoms with Crippen LogP contribution in [0.1, 0.15) is 34.1 Å². The second-order valence-corrected chi connectivity index (χ2v) is 5.15. The Morgan fingerprint density at radius 3 is 2.29 bits per heavy atom. The molecule has 0 rings (SSSR count). The summed E-state index contributed by atoms with van der Waals surface area (Å²) in [7, 11) is 0. The number of hydrogen-bond donors (Lipinski definition) is 1. The van der Waals surface area contributed by atoms with Crippen molar-refractivity contribution in [3.05, 3.63) is 0 Å². The molecular formula is C10H20INO2. The molecule has 84 valence electrons. The smallest absolute Gasteiger partial charge is 0.282 e. The van der Waals surface area contributed by atoms with Gasteiger partial charge in [-0.2, -0.15) is 0 Å². The molecule has 0 spiro atoms. The summed E-state index contributed by atoms with van der Waals surface area (Å²) < 4.78 is 5.51. The SMILES string of the molecule is CC(C)CC(OCNC(=O)I)C(C)C. The van der Waals surface area contributed by atoms with E-state index in [9.17, 15) is 4.79 Å². The predicted molar refractivity (Wildman–Crippen MR) is 66.6 cm³/mol. The Kier molecular flexibility index (Phi) is 7.54. The summed E-state index contributed by atoms with van der Waals surface area (Å²) in [5.74, 6) is 1.11. The van der Waals surface area contributed by atoms with Crippen LogP contribution in [-0.2, 0) is 4.74 Å². The van der Waals surface area contributed by atoms with Crippen molar-refractivity contribution in [2.75, 3.05) is 6.73 Å². The Morgan fingerprint density at radius 2 is 1.93 bits per heavy atom. The Hall–Kier alpha value is 0.160. The Bertz CT molecular complexity index is 172. The molecule has 0 radical (unpaired) electrons. The molecule has 0 aromatic carbocycles. The summed E-state index contributed by atoms with van der Waals surface area (Å²) >= 11 is 1.70. The van der Waals surface area contributed by atoms with Gasteiger partial charge in [-0.3, -0.25) is 4.79 Å². The molecular weight excluding hydrogens is 293 g/mol. The Morgan fingerprint density at radius 1 is 1.36 bits per heavy atom. The zero-order chi connectivity index (χ0) is 11.1. The van der Waals surface area contributed by atoms with Gasteiger partial charge in [0.2, 0.25) is 0 Å². The molecule has 1 N–H and O–H groups in total. The van der Waals surface area contributed by atoms with Crippen LogP contribution in [0.15, 0.2) is 0 Å². The largest absolute Gasteiger partial charge is 0.358 e. The van der Waals surface area contributed by atoms with Gasteiger partial charge < -0.3 is 10.1 Å². The van der Waals surface area contributed by atoms with Gasteiger partial charge in [-0.05, 0) is 18.3 Å². The fraction of sp³-hybridized carbons (Fsp3) is 0.900. The van der Waals surface area contributed by atoms with E-state index in [0.717, 1.165) is 6.42 Å². The average Bonchev–Trinajstić information content (AvgIpc) is 2.00. The minimum Gasteiger partial charge on any atom is -0.358 e. The number of rotatable bonds is 6. The minimum absolute atomic E-state index is 0.0744. The molecule has 0 heterocycles. The molecule has 0 aliphatic carbocycles. The average molecular weight is 313 g/mol. The van der Waals surface area contributed by atoms with Crippen LogP contribution in [0, 0.1) is 11.8 Å². The van der Waals surface area contributed by atoms with Crippen LogP contribution in [0.5, 0.6) is 0 Å². The van der Waals surface area contributed by atoms with Gasteiger partial charge in [-0.25, -0.2) is 0 Å². The van der Waals surface area contributed by atoms with E-state index in [1.165, 1.54) is 0 Å². The topological polar surface area (TPSA) is 38.3 Å². The normalized spacial score (nSPS) is 13.4. The van der Waals surface area contributed by atoms with Crippen molar-refractivity contribution in [1.82, 2.24) is 5.32 Å². The van der Waals surface area contributed by atoms with Crippen LogP contribution >= 0.6 is 22.6 Å². The molecule has 1 unspecified atom stereocenters. The van der Waals surface area contributed by atoms with E-state index in [4.69, 9.17) is 4.74 Å². The summed E-state index contributed by atoms with van der Waals surface area (Å²) in [5, 5.41) is 2.63. The molecule has 0 aromatic rings.